The van der Waals surface area contributed by atoms with E-state index in [1.54, 1.807) is 18.2 Å². The molecular weight excluding hydrogens is 471 g/mol. The lowest BCUT2D eigenvalue weighted by atomic mass is 9.90. The first-order valence-corrected chi connectivity index (χ1v) is 12.9. The van der Waals surface area contributed by atoms with Crippen molar-refractivity contribution in [1.29, 1.82) is 0 Å². The maximum Gasteiger partial charge on any atom is 0.227 e. The van der Waals surface area contributed by atoms with Crippen molar-refractivity contribution in [2.24, 2.45) is 0 Å². The lowest BCUT2D eigenvalue weighted by Gasteiger charge is -2.34. The number of hydrogen-bond acceptors (Lipinski definition) is 6. The fourth-order valence-electron chi connectivity index (χ4n) is 4.80. The van der Waals surface area contributed by atoms with Crippen LogP contribution < -0.4 is 15.5 Å². The van der Waals surface area contributed by atoms with Crippen LogP contribution in [0, 0.1) is 17.5 Å². The summed E-state index contributed by atoms with van der Waals surface area (Å²) in [7, 11) is 0. The van der Waals surface area contributed by atoms with Gasteiger partial charge in [0.15, 0.2) is 5.82 Å². The van der Waals surface area contributed by atoms with Crippen LogP contribution in [-0.2, 0) is 0 Å². The first-order chi connectivity index (χ1) is 16.9. The average Bonchev–Trinajstić information content (AvgIpc) is 2.85. The maximum absolute atomic E-state index is 15.0. The molecule has 0 radical (unpaired) electrons. The molecule has 184 valence electrons. The zero-order chi connectivity index (χ0) is 24.5. The van der Waals surface area contributed by atoms with E-state index in [1.807, 2.05) is 13.8 Å². The molecule has 0 unspecified atom stereocenters. The van der Waals surface area contributed by atoms with Crippen LogP contribution in [-0.4, -0.2) is 41.4 Å². The zero-order valence-corrected chi connectivity index (χ0v) is 20.6. The molecule has 2 N–H and O–H groups in total. The van der Waals surface area contributed by atoms with E-state index in [9.17, 15) is 13.2 Å². The van der Waals surface area contributed by atoms with E-state index in [-0.39, 0.29) is 29.4 Å². The Labute approximate surface area is 207 Å². The molecule has 2 aromatic carbocycles. The third kappa shape index (κ3) is 4.97. The molecule has 0 spiro atoms. The molecule has 0 aliphatic carbocycles. The highest BCUT2D eigenvalue weighted by molar-refractivity contribution is 7.99. The molecule has 3 heterocycles. The van der Waals surface area contributed by atoms with Crippen LogP contribution in [0.25, 0.3) is 11.3 Å². The summed E-state index contributed by atoms with van der Waals surface area (Å²) in [5.41, 5.74) is 2.25. The van der Waals surface area contributed by atoms with E-state index < -0.39 is 11.6 Å². The number of hydrogen-bond donors (Lipinski definition) is 2. The van der Waals surface area contributed by atoms with Crippen LogP contribution in [0.2, 0.25) is 0 Å². The van der Waals surface area contributed by atoms with E-state index >= 15 is 0 Å². The van der Waals surface area contributed by atoms with Gasteiger partial charge in [-0.25, -0.2) is 23.1 Å². The smallest absolute Gasteiger partial charge is 0.227 e. The summed E-state index contributed by atoms with van der Waals surface area (Å²) in [5, 5.41) is 6.26. The first-order valence-electron chi connectivity index (χ1n) is 11.9. The Hall–Kier alpha value is -2.78. The number of benzene rings is 2. The van der Waals surface area contributed by atoms with Gasteiger partial charge in [0.1, 0.15) is 17.3 Å². The number of fused-ring (bicyclic) bond motifs is 1. The Morgan fingerprint density at radius 1 is 1.06 bits per heavy atom. The van der Waals surface area contributed by atoms with Gasteiger partial charge in [0.25, 0.3) is 0 Å². The molecule has 2 aliphatic rings. The van der Waals surface area contributed by atoms with Gasteiger partial charge in [-0.15, -0.1) is 11.8 Å². The summed E-state index contributed by atoms with van der Waals surface area (Å²) >= 11 is 1.47. The molecule has 1 fully saturated rings. The Morgan fingerprint density at radius 2 is 1.86 bits per heavy atom. The predicted octanol–water partition coefficient (Wildman–Crippen LogP) is 6.09. The summed E-state index contributed by atoms with van der Waals surface area (Å²) in [4.78, 5) is 11.0. The summed E-state index contributed by atoms with van der Waals surface area (Å²) in [6, 6.07) is 8.27. The number of piperidine rings is 1. The quantitative estimate of drug-likeness (QED) is 0.443. The second kappa shape index (κ2) is 10.1. The molecule has 0 saturated carbocycles. The topological polar surface area (TPSA) is 53.1 Å². The van der Waals surface area contributed by atoms with Crippen molar-refractivity contribution in [3.63, 3.8) is 0 Å². The Balaban J connectivity index is 1.43. The summed E-state index contributed by atoms with van der Waals surface area (Å²) < 4.78 is 44.6. The van der Waals surface area contributed by atoms with Crippen LogP contribution in [0.1, 0.15) is 38.2 Å². The molecule has 5 rings (SSSR count). The molecule has 3 aromatic rings. The second-order valence-electron chi connectivity index (χ2n) is 9.22. The Morgan fingerprint density at radius 3 is 2.60 bits per heavy atom. The minimum absolute atomic E-state index is 0.00437. The fourth-order valence-corrected chi connectivity index (χ4v) is 5.82. The zero-order valence-electron chi connectivity index (χ0n) is 19.7. The molecule has 0 atom stereocenters. The molecule has 2 aliphatic heterocycles. The average molecular weight is 500 g/mol. The lowest BCUT2D eigenvalue weighted by molar-refractivity contribution is 0.445. The molecule has 35 heavy (non-hydrogen) atoms. The molecule has 0 amide bonds. The van der Waals surface area contributed by atoms with Crippen molar-refractivity contribution in [2.75, 3.05) is 35.6 Å². The minimum atomic E-state index is -0.651. The van der Waals surface area contributed by atoms with E-state index in [1.165, 1.54) is 23.9 Å². The van der Waals surface area contributed by atoms with Gasteiger partial charge >= 0.3 is 0 Å². The van der Waals surface area contributed by atoms with Crippen molar-refractivity contribution in [3.8, 4) is 11.3 Å². The maximum atomic E-state index is 15.0. The van der Waals surface area contributed by atoms with Crippen molar-refractivity contribution in [1.82, 2.24) is 15.3 Å². The van der Waals surface area contributed by atoms with Gasteiger partial charge in [-0.05, 0) is 75.5 Å². The van der Waals surface area contributed by atoms with Crippen molar-refractivity contribution in [3.05, 3.63) is 59.5 Å². The number of anilines is 3. The van der Waals surface area contributed by atoms with Crippen LogP contribution >= 0.6 is 11.8 Å². The largest absolute Gasteiger partial charge is 0.367 e. The van der Waals surface area contributed by atoms with E-state index in [2.05, 4.69) is 25.5 Å². The van der Waals surface area contributed by atoms with Gasteiger partial charge in [-0.3, -0.25) is 0 Å². The Kier molecular flexibility index (Phi) is 6.88. The van der Waals surface area contributed by atoms with Crippen molar-refractivity contribution in [2.45, 2.75) is 43.5 Å². The molecule has 5 nitrogen and oxygen atoms in total. The minimum Gasteiger partial charge on any atom is -0.367 e. The highest BCUT2D eigenvalue weighted by atomic mass is 32.2. The van der Waals surface area contributed by atoms with E-state index in [4.69, 9.17) is 0 Å². The number of nitrogens with zero attached hydrogens (tertiary/aromatic N) is 3. The number of halogens is 3. The predicted molar refractivity (Wildman–Crippen MR) is 135 cm³/mol. The number of rotatable bonds is 5. The normalized spacial score (nSPS) is 16.5. The van der Waals surface area contributed by atoms with Crippen molar-refractivity contribution >= 4 is 29.1 Å². The highest BCUT2D eigenvalue weighted by Crippen LogP contribution is 2.41. The van der Waals surface area contributed by atoms with Gasteiger partial charge in [0.05, 0.1) is 16.8 Å². The van der Waals surface area contributed by atoms with Gasteiger partial charge in [0, 0.05) is 29.6 Å². The first kappa shape index (κ1) is 23.9. The van der Waals surface area contributed by atoms with Gasteiger partial charge in [-0.2, -0.15) is 0 Å². The van der Waals surface area contributed by atoms with Gasteiger partial charge in [-0.1, -0.05) is 6.07 Å². The van der Waals surface area contributed by atoms with Crippen LogP contribution in [0.3, 0.4) is 0 Å². The van der Waals surface area contributed by atoms with Crippen LogP contribution in [0.15, 0.2) is 41.4 Å². The number of thioether (sulfide) groups is 1. The lowest BCUT2D eigenvalue weighted by Crippen LogP contribution is -2.35. The van der Waals surface area contributed by atoms with Gasteiger partial charge < -0.3 is 15.5 Å². The summed E-state index contributed by atoms with van der Waals surface area (Å²) in [6.07, 6.45) is 2.85. The third-order valence-electron chi connectivity index (χ3n) is 6.59. The Bertz CT molecular complexity index is 1230. The van der Waals surface area contributed by atoms with E-state index in [0.717, 1.165) is 50.1 Å². The number of aromatic nitrogens is 2. The fraction of sp³-hybridized carbons (Fsp3) is 0.385. The second-order valence-corrected chi connectivity index (χ2v) is 10.3. The molecule has 9 heteroatoms. The SMILES string of the molecule is CC(C)N1CCSc2c(F)cc(-c3nc(Nc4ccc(C5CCNCC5)c(F)c4)ncc3F)cc21. The number of nitrogens with one attached hydrogen (secondary N) is 2. The molecular formula is C26H28F3N5S. The summed E-state index contributed by atoms with van der Waals surface area (Å²) in [5.74, 6) is -0.222. The summed E-state index contributed by atoms with van der Waals surface area (Å²) in [6.45, 7) is 6.65. The van der Waals surface area contributed by atoms with Crippen molar-refractivity contribution < 1.29 is 13.2 Å². The molecule has 0 bridgehead atoms. The third-order valence-corrected chi connectivity index (χ3v) is 7.67. The van der Waals surface area contributed by atoms with Gasteiger partial charge in [0.2, 0.25) is 5.95 Å². The van der Waals surface area contributed by atoms with Crippen LogP contribution in [0.4, 0.5) is 30.5 Å². The molecule has 1 saturated heterocycles. The monoisotopic (exact) mass is 499 g/mol. The van der Waals surface area contributed by atoms with Crippen LogP contribution in [0.5, 0.6) is 0 Å². The molecule has 1 aromatic heterocycles. The standard InChI is InChI=1S/C26H28F3N5S/c1-15(2)34-9-10-35-25-21(28)11-17(12-23(25)34)24-22(29)14-31-26(33-24)32-18-3-4-19(20(27)13-18)16-5-7-30-8-6-16/h3-4,11-16,30H,5-10H2,1-2H3,(H,31,32,33). The highest BCUT2D eigenvalue weighted by Gasteiger charge is 2.25. The van der Waals surface area contributed by atoms with E-state index in [0.29, 0.717) is 21.7 Å².